The molecule has 2 aromatic carbocycles. The van der Waals surface area contributed by atoms with E-state index in [4.69, 9.17) is 21.1 Å². The van der Waals surface area contributed by atoms with Crippen LogP contribution in [0.5, 0.6) is 11.5 Å². The summed E-state index contributed by atoms with van der Waals surface area (Å²) in [6.45, 7) is 1.66. The third-order valence-electron chi connectivity index (χ3n) is 3.06. The molecule has 0 heterocycles. The first-order valence-corrected chi connectivity index (χ1v) is 7.23. The van der Waals surface area contributed by atoms with Gasteiger partial charge in [-0.25, -0.2) is 4.79 Å². The molecule has 0 fully saturated rings. The first-order chi connectivity index (χ1) is 11.3. The van der Waals surface area contributed by atoms with Crippen molar-refractivity contribution in [2.75, 3.05) is 0 Å². The van der Waals surface area contributed by atoms with Gasteiger partial charge < -0.3 is 26.2 Å². The minimum atomic E-state index is -0.922. The number of carboxylic acids is 1. The molecule has 2 aromatic rings. The molecule has 0 aliphatic heterocycles. The van der Waals surface area contributed by atoms with Crippen molar-refractivity contribution in [3.8, 4) is 11.5 Å². The maximum atomic E-state index is 10.1. The van der Waals surface area contributed by atoms with Crippen LogP contribution in [0.2, 0.25) is 0 Å². The zero-order valence-electron chi connectivity index (χ0n) is 13.2. The number of aliphatic hydroxyl groups is 1. The maximum Gasteiger partial charge on any atom is 0.328 e. The number of aliphatic hydroxyl groups excluding tert-OH is 1. The van der Waals surface area contributed by atoms with Gasteiger partial charge in [-0.05, 0) is 36.3 Å². The Morgan fingerprint density at radius 3 is 2.21 bits per heavy atom. The zero-order chi connectivity index (χ0) is 18.1. The molecule has 0 aliphatic carbocycles. The van der Waals surface area contributed by atoms with E-state index in [2.05, 4.69) is 0 Å². The summed E-state index contributed by atoms with van der Waals surface area (Å²) in [7, 11) is 0. The summed E-state index contributed by atoms with van der Waals surface area (Å²) in [6, 6.07) is 13.0. The van der Waals surface area contributed by atoms with E-state index in [1.165, 1.54) is 18.2 Å². The number of phenols is 2. The topological polar surface area (TPSA) is 124 Å². The molecular formula is C18H21NO5. The van der Waals surface area contributed by atoms with Gasteiger partial charge in [0.15, 0.2) is 11.5 Å². The molecule has 2 atom stereocenters. The van der Waals surface area contributed by atoms with Gasteiger partial charge in [0.05, 0.1) is 6.10 Å². The molecule has 0 amide bonds. The maximum absolute atomic E-state index is 10.1. The number of hydrogen-bond acceptors (Lipinski definition) is 5. The summed E-state index contributed by atoms with van der Waals surface area (Å²) in [6.07, 6.45) is 1.85. The Labute approximate surface area is 140 Å². The summed E-state index contributed by atoms with van der Waals surface area (Å²) in [5.74, 6) is -1.38. The number of rotatable bonds is 4. The van der Waals surface area contributed by atoms with Crippen molar-refractivity contribution in [3.05, 3.63) is 65.7 Å². The van der Waals surface area contributed by atoms with Crippen LogP contribution in [0, 0.1) is 0 Å². The van der Waals surface area contributed by atoms with E-state index in [-0.39, 0.29) is 11.5 Å². The number of phenolic OH excluding ortho intramolecular Hbond substituents is 2. The zero-order valence-corrected chi connectivity index (χ0v) is 13.2. The molecule has 0 unspecified atom stereocenters. The average molecular weight is 331 g/mol. The molecule has 0 saturated carbocycles. The highest BCUT2D eigenvalue weighted by Gasteiger charge is 2.13. The summed E-state index contributed by atoms with van der Waals surface area (Å²) >= 11 is 0. The predicted octanol–water partition coefficient (Wildman–Crippen LogP) is 2.26. The largest absolute Gasteiger partial charge is 0.504 e. The van der Waals surface area contributed by atoms with Crippen LogP contribution in [0.3, 0.4) is 0 Å². The number of carboxylic acid groups (broad SMARTS) is 1. The Balaban J connectivity index is 0.000000243. The number of aromatic hydroxyl groups is 2. The average Bonchev–Trinajstić information content (AvgIpc) is 2.56. The van der Waals surface area contributed by atoms with Gasteiger partial charge in [-0.1, -0.05) is 36.4 Å². The summed E-state index contributed by atoms with van der Waals surface area (Å²) in [5, 5.41) is 35.9. The molecule has 6 N–H and O–H groups in total. The van der Waals surface area contributed by atoms with Gasteiger partial charge in [-0.3, -0.25) is 0 Å². The highest BCUT2D eigenvalue weighted by Crippen LogP contribution is 2.28. The fourth-order valence-electron chi connectivity index (χ4n) is 1.76. The van der Waals surface area contributed by atoms with Gasteiger partial charge in [-0.2, -0.15) is 0 Å². The Kier molecular flexibility index (Phi) is 7.48. The number of carbonyl (C=O) groups is 1. The van der Waals surface area contributed by atoms with E-state index in [1.54, 1.807) is 13.0 Å². The standard InChI is InChI=1S/C9H13NO3.C9H8O2/c1-5(10)9(13)6-2-3-7(11)8(12)4-6;10-9(11)7-6-8-4-2-1-3-5-8/h2-5,9,11-13H,10H2,1H3;1-7H,(H,10,11)/b;7-6+/t5-,9-;/m0./s1. The first kappa shape index (κ1) is 19.2. The summed E-state index contributed by atoms with van der Waals surface area (Å²) < 4.78 is 0. The van der Waals surface area contributed by atoms with E-state index in [9.17, 15) is 9.90 Å². The molecule has 0 aromatic heterocycles. The van der Waals surface area contributed by atoms with Crippen molar-refractivity contribution in [3.63, 3.8) is 0 Å². The van der Waals surface area contributed by atoms with Crippen LogP contribution in [0.25, 0.3) is 6.08 Å². The normalized spacial score (nSPS) is 13.0. The lowest BCUT2D eigenvalue weighted by Gasteiger charge is -2.14. The van der Waals surface area contributed by atoms with E-state index in [0.29, 0.717) is 5.56 Å². The minimum Gasteiger partial charge on any atom is -0.504 e. The Hall–Kier alpha value is -2.83. The van der Waals surface area contributed by atoms with Crippen molar-refractivity contribution in [2.45, 2.75) is 19.1 Å². The van der Waals surface area contributed by atoms with Crippen LogP contribution in [-0.4, -0.2) is 32.4 Å². The van der Waals surface area contributed by atoms with E-state index >= 15 is 0 Å². The number of nitrogens with two attached hydrogens (primary N) is 1. The lowest BCUT2D eigenvalue weighted by Crippen LogP contribution is -2.24. The molecule has 128 valence electrons. The van der Waals surface area contributed by atoms with Crippen LogP contribution >= 0.6 is 0 Å². The number of hydrogen-bond donors (Lipinski definition) is 5. The third kappa shape index (κ3) is 6.51. The van der Waals surface area contributed by atoms with Crippen molar-refractivity contribution < 1.29 is 25.2 Å². The van der Waals surface area contributed by atoms with E-state index in [1.807, 2.05) is 30.3 Å². The van der Waals surface area contributed by atoms with Crippen LogP contribution < -0.4 is 5.73 Å². The van der Waals surface area contributed by atoms with Gasteiger partial charge in [0, 0.05) is 12.1 Å². The Morgan fingerprint density at radius 1 is 1.08 bits per heavy atom. The SMILES string of the molecule is C[C@H](N)[C@H](O)c1ccc(O)c(O)c1.O=C(O)/C=C/c1ccccc1. The second kappa shape index (κ2) is 9.34. The van der Waals surface area contributed by atoms with Gasteiger partial charge in [-0.15, -0.1) is 0 Å². The summed E-state index contributed by atoms with van der Waals surface area (Å²) in [5.41, 5.74) is 6.85. The molecule has 6 nitrogen and oxygen atoms in total. The Bertz CT molecular complexity index is 683. The first-order valence-electron chi connectivity index (χ1n) is 7.23. The molecule has 0 saturated heterocycles. The van der Waals surface area contributed by atoms with Crippen LogP contribution in [0.1, 0.15) is 24.2 Å². The quantitative estimate of drug-likeness (QED) is 0.432. The minimum absolute atomic E-state index is 0.208. The smallest absolute Gasteiger partial charge is 0.328 e. The number of benzene rings is 2. The van der Waals surface area contributed by atoms with Crippen molar-refractivity contribution in [2.24, 2.45) is 5.73 Å². The molecule has 24 heavy (non-hydrogen) atoms. The lowest BCUT2D eigenvalue weighted by atomic mass is 10.0. The van der Waals surface area contributed by atoms with Gasteiger partial charge in [0.25, 0.3) is 0 Å². The molecule has 2 rings (SSSR count). The van der Waals surface area contributed by atoms with Crippen molar-refractivity contribution >= 4 is 12.0 Å². The van der Waals surface area contributed by atoms with E-state index < -0.39 is 18.1 Å². The lowest BCUT2D eigenvalue weighted by molar-refractivity contribution is -0.131. The molecule has 6 heteroatoms. The van der Waals surface area contributed by atoms with Crippen molar-refractivity contribution in [1.29, 1.82) is 0 Å². The van der Waals surface area contributed by atoms with Gasteiger partial charge in [0.1, 0.15) is 0 Å². The molecule has 0 aliphatic rings. The highest BCUT2D eigenvalue weighted by atomic mass is 16.4. The molecule has 0 spiro atoms. The second-order valence-corrected chi connectivity index (χ2v) is 5.13. The monoisotopic (exact) mass is 331 g/mol. The fraction of sp³-hybridized carbons (Fsp3) is 0.167. The number of aliphatic carboxylic acids is 1. The highest BCUT2D eigenvalue weighted by molar-refractivity contribution is 5.85. The Morgan fingerprint density at radius 2 is 1.71 bits per heavy atom. The van der Waals surface area contributed by atoms with Crippen LogP contribution in [-0.2, 0) is 4.79 Å². The van der Waals surface area contributed by atoms with Gasteiger partial charge in [0.2, 0.25) is 0 Å². The predicted molar refractivity (Wildman–Crippen MR) is 91.5 cm³/mol. The molecule has 0 bridgehead atoms. The summed E-state index contributed by atoms with van der Waals surface area (Å²) in [4.78, 5) is 10.1. The van der Waals surface area contributed by atoms with Crippen molar-refractivity contribution in [1.82, 2.24) is 0 Å². The second-order valence-electron chi connectivity index (χ2n) is 5.13. The van der Waals surface area contributed by atoms with Crippen LogP contribution in [0.4, 0.5) is 0 Å². The molecular weight excluding hydrogens is 310 g/mol. The fourth-order valence-corrected chi connectivity index (χ4v) is 1.76. The third-order valence-corrected chi connectivity index (χ3v) is 3.06. The van der Waals surface area contributed by atoms with E-state index in [0.717, 1.165) is 11.6 Å². The van der Waals surface area contributed by atoms with Gasteiger partial charge >= 0.3 is 5.97 Å². The molecule has 0 radical (unpaired) electrons. The van der Waals surface area contributed by atoms with Crippen LogP contribution in [0.15, 0.2) is 54.6 Å².